The molecule has 0 aliphatic rings. The van der Waals surface area contributed by atoms with Crippen LogP contribution in [0.4, 0.5) is 0 Å². The number of carbonyl (C=O) groups excluding carboxylic acids is 1. The summed E-state index contributed by atoms with van der Waals surface area (Å²) >= 11 is 0. The van der Waals surface area contributed by atoms with Gasteiger partial charge < -0.3 is 9.05 Å². The van der Waals surface area contributed by atoms with Gasteiger partial charge in [0.1, 0.15) is 0 Å². The van der Waals surface area contributed by atoms with Gasteiger partial charge in [0.2, 0.25) is 0 Å². The molecule has 5 heteroatoms. The lowest BCUT2D eigenvalue weighted by molar-refractivity contribution is -0.129. The summed E-state index contributed by atoms with van der Waals surface area (Å²) in [7, 11) is -2.68. The number of rotatable bonds is 12. The van der Waals surface area contributed by atoms with Crippen molar-refractivity contribution in [3.63, 3.8) is 0 Å². The third kappa shape index (κ3) is 11.9. The van der Waals surface area contributed by atoms with E-state index in [9.17, 15) is 9.36 Å². The molecule has 0 saturated heterocycles. The molecule has 1 unspecified atom stereocenters. The van der Waals surface area contributed by atoms with Gasteiger partial charge >= 0.3 is 14.2 Å². The summed E-state index contributed by atoms with van der Waals surface area (Å²) in [5.74, 6) is -0.699. The third-order valence-electron chi connectivity index (χ3n) is 2.57. The molecule has 0 aromatic rings. The van der Waals surface area contributed by atoms with Crippen LogP contribution >= 0.6 is 8.25 Å². The normalized spacial score (nSPS) is 12.1. The highest BCUT2D eigenvalue weighted by Gasteiger charge is 2.03. The Morgan fingerprint density at radius 1 is 1.11 bits per heavy atom. The molecule has 0 fully saturated rings. The lowest BCUT2D eigenvalue weighted by atomic mass is 10.1. The van der Waals surface area contributed by atoms with Gasteiger partial charge in [-0.05, 0) is 6.42 Å². The van der Waals surface area contributed by atoms with Gasteiger partial charge in [-0.25, -0.2) is 9.36 Å². The Morgan fingerprint density at radius 3 is 2.22 bits per heavy atom. The van der Waals surface area contributed by atoms with Gasteiger partial charge in [0.05, 0.1) is 6.61 Å². The zero-order chi connectivity index (χ0) is 13.6. The summed E-state index contributed by atoms with van der Waals surface area (Å²) in [6, 6.07) is 0. The molecule has 0 aromatic carbocycles. The van der Waals surface area contributed by atoms with Gasteiger partial charge in [-0.3, -0.25) is 0 Å². The Balaban J connectivity index is 3.22. The first-order valence-electron chi connectivity index (χ1n) is 6.71. The van der Waals surface area contributed by atoms with Gasteiger partial charge in [0.25, 0.3) is 0 Å². The van der Waals surface area contributed by atoms with Crippen molar-refractivity contribution in [2.45, 2.75) is 58.3 Å². The zero-order valence-electron chi connectivity index (χ0n) is 11.3. The predicted octanol–water partition coefficient (Wildman–Crippen LogP) is 4.26. The Morgan fingerprint density at radius 2 is 1.67 bits per heavy atom. The Kier molecular flexibility index (Phi) is 12.4. The second-order valence-corrected chi connectivity index (χ2v) is 5.19. The van der Waals surface area contributed by atoms with Crippen LogP contribution in [0.1, 0.15) is 58.3 Å². The topological polar surface area (TPSA) is 52.6 Å². The molecule has 0 spiro atoms. The van der Waals surface area contributed by atoms with E-state index < -0.39 is 14.2 Å². The van der Waals surface area contributed by atoms with Crippen molar-refractivity contribution < 1.29 is 18.4 Å². The standard InChI is InChI=1S/C13H25O4P/c1-3-5-6-7-8-9-10-11-12-16-18(15)17-13(14)4-2/h4,18H,2-3,5-12H2,1H3. The maximum absolute atomic E-state index is 11.1. The minimum Gasteiger partial charge on any atom is -0.390 e. The number of hydrogen-bond acceptors (Lipinski definition) is 4. The summed E-state index contributed by atoms with van der Waals surface area (Å²) < 4.78 is 20.4. The molecule has 106 valence electrons. The lowest BCUT2D eigenvalue weighted by Crippen LogP contribution is -1.95. The van der Waals surface area contributed by atoms with Crippen LogP contribution in [0, 0.1) is 0 Å². The van der Waals surface area contributed by atoms with Crippen molar-refractivity contribution >= 4 is 14.2 Å². The van der Waals surface area contributed by atoms with E-state index in [1.807, 2.05) is 0 Å². The smallest absolute Gasteiger partial charge is 0.370 e. The molecule has 1 atom stereocenters. The minimum atomic E-state index is -2.68. The molecule has 0 aliphatic carbocycles. The molecule has 0 radical (unpaired) electrons. The Labute approximate surface area is 111 Å². The van der Waals surface area contributed by atoms with E-state index in [4.69, 9.17) is 4.52 Å². The van der Waals surface area contributed by atoms with E-state index >= 15 is 0 Å². The Hall–Kier alpha value is -0.600. The quantitative estimate of drug-likeness (QED) is 0.303. The molecule has 0 aliphatic heterocycles. The van der Waals surface area contributed by atoms with E-state index in [1.165, 1.54) is 38.5 Å². The molecule has 4 nitrogen and oxygen atoms in total. The Bertz CT molecular complexity index is 253. The first kappa shape index (κ1) is 17.4. The highest BCUT2D eigenvalue weighted by molar-refractivity contribution is 7.34. The second-order valence-electron chi connectivity index (χ2n) is 4.20. The average Bonchev–Trinajstić information content (AvgIpc) is 2.36. The van der Waals surface area contributed by atoms with Gasteiger partial charge in [0, 0.05) is 6.08 Å². The van der Waals surface area contributed by atoms with Crippen molar-refractivity contribution in [1.29, 1.82) is 0 Å². The fourth-order valence-corrected chi connectivity index (χ4v) is 2.16. The zero-order valence-corrected chi connectivity index (χ0v) is 12.3. The van der Waals surface area contributed by atoms with Crippen LogP contribution in [0.15, 0.2) is 12.7 Å². The summed E-state index contributed by atoms with van der Waals surface area (Å²) in [4.78, 5) is 10.7. The number of carbonyl (C=O) groups is 1. The maximum Gasteiger partial charge on any atom is 0.370 e. The van der Waals surface area contributed by atoms with Crippen LogP contribution in [0.5, 0.6) is 0 Å². The van der Waals surface area contributed by atoms with Gasteiger partial charge in [-0.2, -0.15) is 0 Å². The van der Waals surface area contributed by atoms with Crippen molar-refractivity contribution in [3.05, 3.63) is 12.7 Å². The van der Waals surface area contributed by atoms with Crippen LogP contribution in [0.2, 0.25) is 0 Å². The number of hydrogen-bond donors (Lipinski definition) is 0. The fraction of sp³-hybridized carbons (Fsp3) is 0.769. The van der Waals surface area contributed by atoms with E-state index in [2.05, 4.69) is 18.0 Å². The van der Waals surface area contributed by atoms with E-state index in [-0.39, 0.29) is 0 Å². The summed E-state index contributed by atoms with van der Waals surface area (Å²) in [6.45, 7) is 5.81. The second kappa shape index (κ2) is 12.8. The van der Waals surface area contributed by atoms with Crippen molar-refractivity contribution in [2.24, 2.45) is 0 Å². The molecule has 0 N–H and O–H groups in total. The van der Waals surface area contributed by atoms with Crippen LogP contribution in [0.25, 0.3) is 0 Å². The molecular weight excluding hydrogens is 251 g/mol. The van der Waals surface area contributed by atoms with Crippen LogP contribution in [-0.2, 0) is 18.4 Å². The minimum absolute atomic E-state index is 0.386. The molecule has 0 bridgehead atoms. The van der Waals surface area contributed by atoms with E-state index in [0.29, 0.717) is 6.61 Å². The SMILES string of the molecule is C=CC(=O)O[PH](=O)OCCCCCCCCCC. The van der Waals surface area contributed by atoms with Crippen LogP contribution in [-0.4, -0.2) is 12.6 Å². The van der Waals surface area contributed by atoms with Crippen molar-refractivity contribution in [2.75, 3.05) is 6.61 Å². The van der Waals surface area contributed by atoms with Crippen molar-refractivity contribution in [1.82, 2.24) is 0 Å². The molecule has 18 heavy (non-hydrogen) atoms. The summed E-state index contributed by atoms with van der Waals surface area (Å²) in [5.41, 5.74) is 0. The average molecular weight is 276 g/mol. The molecule has 0 saturated carbocycles. The van der Waals surface area contributed by atoms with Crippen LogP contribution in [0.3, 0.4) is 0 Å². The molecule has 0 rings (SSSR count). The van der Waals surface area contributed by atoms with E-state index in [0.717, 1.165) is 18.9 Å². The van der Waals surface area contributed by atoms with E-state index in [1.54, 1.807) is 0 Å². The predicted molar refractivity (Wildman–Crippen MR) is 73.9 cm³/mol. The monoisotopic (exact) mass is 276 g/mol. The molecule has 0 heterocycles. The maximum atomic E-state index is 11.1. The van der Waals surface area contributed by atoms with Gasteiger partial charge in [0.15, 0.2) is 0 Å². The van der Waals surface area contributed by atoms with Crippen LogP contribution < -0.4 is 0 Å². The molecular formula is C13H25O4P. The molecule has 0 amide bonds. The largest absolute Gasteiger partial charge is 0.390 e. The summed E-state index contributed by atoms with van der Waals surface area (Å²) in [5, 5.41) is 0. The first-order chi connectivity index (χ1) is 8.70. The number of unbranched alkanes of at least 4 members (excludes halogenated alkanes) is 7. The van der Waals surface area contributed by atoms with Gasteiger partial charge in [-0.1, -0.05) is 58.4 Å². The highest BCUT2D eigenvalue weighted by Crippen LogP contribution is 2.24. The lowest BCUT2D eigenvalue weighted by Gasteiger charge is -2.04. The van der Waals surface area contributed by atoms with Gasteiger partial charge in [-0.15, -0.1) is 0 Å². The first-order valence-corrected chi connectivity index (χ1v) is 7.94. The summed E-state index contributed by atoms with van der Waals surface area (Å²) in [6.07, 6.45) is 10.5. The van der Waals surface area contributed by atoms with Crippen molar-refractivity contribution in [3.8, 4) is 0 Å². The molecule has 0 aromatic heterocycles. The third-order valence-corrected chi connectivity index (χ3v) is 3.38. The highest BCUT2D eigenvalue weighted by atomic mass is 31.1. The fourth-order valence-electron chi connectivity index (χ4n) is 1.54.